The van der Waals surface area contributed by atoms with Crippen LogP contribution in [0.3, 0.4) is 0 Å². The van der Waals surface area contributed by atoms with Crippen molar-refractivity contribution >= 4 is 0 Å². The van der Waals surface area contributed by atoms with Gasteiger partial charge in [-0.1, -0.05) is 80.6 Å². The number of allylic oxidation sites excluding steroid dienone is 3. The highest BCUT2D eigenvalue weighted by atomic mass is 16.6. The lowest BCUT2D eigenvalue weighted by atomic mass is 9.77. The Morgan fingerprint density at radius 1 is 0.636 bits per heavy atom. The van der Waals surface area contributed by atoms with Crippen LogP contribution in [-0.4, -0.2) is 51.3 Å². The summed E-state index contributed by atoms with van der Waals surface area (Å²) in [6, 6.07) is 21.5. The van der Waals surface area contributed by atoms with Gasteiger partial charge in [-0.15, -0.1) is 19.7 Å². The van der Waals surface area contributed by atoms with Gasteiger partial charge in [-0.3, -0.25) is 0 Å². The highest BCUT2D eigenvalue weighted by Gasteiger charge is 2.28. The monoisotopic (exact) mass is 594 g/mol. The van der Waals surface area contributed by atoms with Crippen molar-refractivity contribution in [2.75, 3.05) is 33.0 Å². The average Bonchev–Trinajstić information content (AvgIpc) is 3.86. The Morgan fingerprint density at radius 3 is 1.50 bits per heavy atom. The van der Waals surface area contributed by atoms with Gasteiger partial charge in [0.05, 0.1) is 25.9 Å². The molecule has 3 heterocycles. The molecular weight excluding hydrogens is 548 g/mol. The molecule has 3 saturated heterocycles. The minimum Gasteiger partial charge on any atom is -0.490 e. The van der Waals surface area contributed by atoms with Gasteiger partial charge >= 0.3 is 0 Å². The van der Waals surface area contributed by atoms with Crippen LogP contribution in [0.4, 0.5) is 0 Å². The topological polar surface area (TPSA) is 56.0 Å². The number of hydrogen-bond acceptors (Lipinski definition) is 5. The summed E-state index contributed by atoms with van der Waals surface area (Å²) < 4.78 is 27.8. The number of ether oxygens (including phenoxy) is 5. The second-order valence-corrected chi connectivity index (χ2v) is 12.2. The third-order valence-electron chi connectivity index (χ3n) is 8.28. The van der Waals surface area contributed by atoms with Crippen LogP contribution >= 0.6 is 0 Å². The van der Waals surface area contributed by atoms with Crippen LogP contribution in [0.15, 0.2) is 98.6 Å². The van der Waals surface area contributed by atoms with E-state index in [4.69, 9.17) is 23.7 Å². The van der Waals surface area contributed by atoms with Gasteiger partial charge in [0.25, 0.3) is 0 Å². The summed E-state index contributed by atoms with van der Waals surface area (Å²) >= 11 is 0. The van der Waals surface area contributed by atoms with E-state index in [2.05, 4.69) is 94.2 Å². The second-order valence-electron chi connectivity index (χ2n) is 12.2. The van der Waals surface area contributed by atoms with Crippen molar-refractivity contribution in [3.63, 3.8) is 0 Å². The number of rotatable bonds is 16. The van der Waals surface area contributed by atoms with E-state index in [9.17, 15) is 0 Å². The summed E-state index contributed by atoms with van der Waals surface area (Å²) in [6.07, 6.45) is 10.3. The first-order valence-electron chi connectivity index (χ1n) is 15.7. The minimum atomic E-state index is -0.178. The van der Waals surface area contributed by atoms with Gasteiger partial charge in [-0.2, -0.15) is 0 Å². The van der Waals surface area contributed by atoms with Gasteiger partial charge in [-0.25, -0.2) is 0 Å². The maximum atomic E-state index is 5.99. The Morgan fingerprint density at radius 2 is 1.07 bits per heavy atom. The van der Waals surface area contributed by atoms with E-state index in [1.165, 1.54) is 22.3 Å². The third-order valence-corrected chi connectivity index (χ3v) is 8.28. The SMILES string of the molecule is C=CCc1cc(C(C)(C)c2ccc(OCC3CO3)c(CC=C)c2)ccc1OCC1CO1.C=CCc1ccccc1CC1CO1. The molecule has 0 aliphatic carbocycles. The largest absolute Gasteiger partial charge is 0.490 e. The minimum absolute atomic E-state index is 0.178. The predicted octanol–water partition coefficient (Wildman–Crippen LogP) is 7.38. The predicted molar refractivity (Wildman–Crippen MR) is 177 cm³/mol. The van der Waals surface area contributed by atoms with Crippen molar-refractivity contribution in [3.8, 4) is 11.5 Å². The Balaban J connectivity index is 0.000000245. The summed E-state index contributed by atoms with van der Waals surface area (Å²) in [4.78, 5) is 0. The second kappa shape index (κ2) is 14.9. The first-order valence-corrected chi connectivity index (χ1v) is 15.7. The molecule has 232 valence electrons. The van der Waals surface area contributed by atoms with Crippen molar-refractivity contribution in [1.82, 2.24) is 0 Å². The fourth-order valence-electron chi connectivity index (χ4n) is 5.25. The van der Waals surface area contributed by atoms with Gasteiger partial charge in [0, 0.05) is 11.8 Å². The molecule has 5 nitrogen and oxygen atoms in total. The maximum absolute atomic E-state index is 5.99. The molecule has 0 saturated carbocycles. The molecule has 0 N–H and O–H groups in total. The molecule has 3 unspecified atom stereocenters. The number of epoxide rings is 3. The molecule has 0 radical (unpaired) electrons. The molecule has 3 atom stereocenters. The molecule has 0 spiro atoms. The Labute approximate surface area is 263 Å². The van der Waals surface area contributed by atoms with E-state index in [1.807, 2.05) is 18.2 Å². The quantitative estimate of drug-likeness (QED) is 0.128. The van der Waals surface area contributed by atoms with Crippen molar-refractivity contribution in [2.45, 2.75) is 63.3 Å². The zero-order valence-electron chi connectivity index (χ0n) is 26.3. The summed E-state index contributed by atoms with van der Waals surface area (Å²) in [5.41, 5.74) is 7.39. The number of hydrogen-bond donors (Lipinski definition) is 0. The van der Waals surface area contributed by atoms with Crippen LogP contribution in [0.25, 0.3) is 0 Å². The van der Waals surface area contributed by atoms with E-state index in [-0.39, 0.29) is 17.6 Å². The van der Waals surface area contributed by atoms with Gasteiger partial charge in [-0.05, 0) is 64.8 Å². The fourth-order valence-corrected chi connectivity index (χ4v) is 5.25. The molecule has 44 heavy (non-hydrogen) atoms. The van der Waals surface area contributed by atoms with Crippen LogP contribution in [0.2, 0.25) is 0 Å². The lowest BCUT2D eigenvalue weighted by Gasteiger charge is -2.28. The zero-order chi connectivity index (χ0) is 30.9. The van der Waals surface area contributed by atoms with Crippen LogP contribution in [-0.2, 0) is 45.3 Å². The molecule has 3 fully saturated rings. The Bertz CT molecular complexity index is 1350. The van der Waals surface area contributed by atoms with Crippen LogP contribution in [0.1, 0.15) is 47.2 Å². The molecule has 6 rings (SSSR count). The van der Waals surface area contributed by atoms with Crippen molar-refractivity contribution in [3.05, 3.63) is 132 Å². The molecular formula is C39H46O5. The lowest BCUT2D eigenvalue weighted by Crippen LogP contribution is -2.20. The summed E-state index contributed by atoms with van der Waals surface area (Å²) in [5.74, 6) is 1.82. The van der Waals surface area contributed by atoms with E-state index in [1.54, 1.807) is 0 Å². The van der Waals surface area contributed by atoms with Crippen molar-refractivity contribution in [2.24, 2.45) is 0 Å². The summed E-state index contributed by atoms with van der Waals surface area (Å²) in [6.45, 7) is 19.8. The molecule has 0 amide bonds. The van der Waals surface area contributed by atoms with Crippen LogP contribution in [0.5, 0.6) is 11.5 Å². The third kappa shape index (κ3) is 8.95. The Kier molecular flexibility index (Phi) is 10.8. The maximum Gasteiger partial charge on any atom is 0.122 e. The molecule has 3 aromatic rings. The standard InChI is InChI=1S/C27H32O4.C12H14O/c1-5-7-19-13-21(9-11-25(19)30-17-23-15-28-23)27(3,4)22-10-12-26(20(14-22)8-6-2)31-18-24-16-29-24;1-2-5-10-6-3-4-7-11(10)8-12-9-13-12/h5-6,9-14,23-24H,1-2,7-8,15-18H2,3-4H3;2-4,6-7,12H,1,5,8-9H2. The van der Waals surface area contributed by atoms with Gasteiger partial charge in [0.1, 0.15) is 36.9 Å². The van der Waals surface area contributed by atoms with Crippen LogP contribution in [0, 0.1) is 0 Å². The zero-order valence-corrected chi connectivity index (χ0v) is 26.3. The molecule has 5 heteroatoms. The van der Waals surface area contributed by atoms with E-state index in [0.717, 1.165) is 68.1 Å². The molecule has 0 bridgehead atoms. The lowest BCUT2D eigenvalue weighted by molar-refractivity contribution is 0.261. The average molecular weight is 595 g/mol. The van der Waals surface area contributed by atoms with Gasteiger partial charge < -0.3 is 23.7 Å². The molecule has 0 aromatic heterocycles. The van der Waals surface area contributed by atoms with Gasteiger partial charge in [0.15, 0.2) is 0 Å². The normalized spacial score (nSPS) is 19.6. The molecule has 3 aliphatic heterocycles. The summed E-state index contributed by atoms with van der Waals surface area (Å²) in [5, 5.41) is 0. The first-order chi connectivity index (χ1) is 21.4. The van der Waals surface area contributed by atoms with Crippen molar-refractivity contribution in [1.29, 1.82) is 0 Å². The van der Waals surface area contributed by atoms with Gasteiger partial charge in [0.2, 0.25) is 0 Å². The molecule has 3 aliphatic rings. The van der Waals surface area contributed by atoms with Crippen molar-refractivity contribution < 1.29 is 23.7 Å². The van der Waals surface area contributed by atoms with E-state index >= 15 is 0 Å². The fraction of sp³-hybridized carbons (Fsp3) is 0.385. The Hall–Kier alpha value is -3.64. The van der Waals surface area contributed by atoms with Crippen LogP contribution < -0.4 is 9.47 Å². The highest BCUT2D eigenvalue weighted by Crippen LogP contribution is 2.37. The highest BCUT2D eigenvalue weighted by molar-refractivity contribution is 5.48. The van der Waals surface area contributed by atoms with E-state index in [0.29, 0.717) is 19.3 Å². The number of benzene rings is 3. The van der Waals surface area contributed by atoms with E-state index < -0.39 is 0 Å². The first kappa shape index (κ1) is 31.8. The molecule has 3 aromatic carbocycles. The smallest absolute Gasteiger partial charge is 0.122 e. The summed E-state index contributed by atoms with van der Waals surface area (Å²) in [7, 11) is 0.